The Kier molecular flexibility index (Phi) is 5.60. The predicted octanol–water partition coefficient (Wildman–Crippen LogP) is 0.848. The molecular formula is C13H18N2O5. The van der Waals surface area contributed by atoms with Crippen molar-refractivity contribution in [2.75, 3.05) is 13.2 Å². The van der Waals surface area contributed by atoms with Crippen LogP contribution in [-0.4, -0.2) is 39.8 Å². The van der Waals surface area contributed by atoms with E-state index in [0.29, 0.717) is 12.8 Å². The molecular weight excluding hydrogens is 264 g/mol. The summed E-state index contributed by atoms with van der Waals surface area (Å²) in [7, 11) is 0. The highest BCUT2D eigenvalue weighted by atomic mass is 16.6. The van der Waals surface area contributed by atoms with Crippen LogP contribution >= 0.6 is 0 Å². The number of non-ortho nitro benzene ring substituents is 1. The van der Waals surface area contributed by atoms with Crippen LogP contribution in [0, 0.1) is 10.1 Å². The summed E-state index contributed by atoms with van der Waals surface area (Å²) in [6.45, 7) is 1.12. The second-order valence-corrected chi connectivity index (χ2v) is 4.60. The third kappa shape index (κ3) is 3.75. The summed E-state index contributed by atoms with van der Waals surface area (Å²) in [5.41, 5.74) is -0.947. The van der Waals surface area contributed by atoms with Gasteiger partial charge in [-0.3, -0.25) is 14.9 Å². The van der Waals surface area contributed by atoms with E-state index < -0.39 is 16.4 Å². The van der Waals surface area contributed by atoms with Crippen molar-refractivity contribution in [2.24, 2.45) is 0 Å². The van der Waals surface area contributed by atoms with Crippen LogP contribution in [-0.2, 0) is 0 Å². The number of carbonyl (C=O) groups is 1. The second-order valence-electron chi connectivity index (χ2n) is 4.60. The third-order valence-corrected chi connectivity index (χ3v) is 3.05. The molecule has 7 heteroatoms. The van der Waals surface area contributed by atoms with Gasteiger partial charge in [0, 0.05) is 17.7 Å². The van der Waals surface area contributed by atoms with Crippen molar-refractivity contribution in [3.63, 3.8) is 0 Å². The molecule has 20 heavy (non-hydrogen) atoms. The zero-order chi connectivity index (χ0) is 15.2. The van der Waals surface area contributed by atoms with Gasteiger partial charge in [0.15, 0.2) is 0 Å². The number of nitrogens with one attached hydrogen (secondary N) is 1. The van der Waals surface area contributed by atoms with Gasteiger partial charge >= 0.3 is 0 Å². The molecule has 0 aliphatic heterocycles. The van der Waals surface area contributed by atoms with Gasteiger partial charge in [-0.1, -0.05) is 13.3 Å². The number of amides is 1. The number of aliphatic hydroxyl groups is 2. The number of hydrogen-bond donors (Lipinski definition) is 3. The van der Waals surface area contributed by atoms with Crippen molar-refractivity contribution < 1.29 is 19.9 Å². The second kappa shape index (κ2) is 6.97. The first-order valence-corrected chi connectivity index (χ1v) is 6.26. The molecule has 1 rings (SSSR count). The summed E-state index contributed by atoms with van der Waals surface area (Å²) in [4.78, 5) is 22.0. The molecule has 0 saturated heterocycles. The van der Waals surface area contributed by atoms with Crippen LogP contribution in [0.4, 0.5) is 5.69 Å². The van der Waals surface area contributed by atoms with Gasteiger partial charge in [0.25, 0.3) is 11.6 Å². The van der Waals surface area contributed by atoms with Crippen LogP contribution in [0.25, 0.3) is 0 Å². The van der Waals surface area contributed by atoms with Crippen LogP contribution in [0.3, 0.4) is 0 Å². The lowest BCUT2D eigenvalue weighted by Gasteiger charge is -2.30. The Morgan fingerprint density at radius 3 is 2.25 bits per heavy atom. The summed E-state index contributed by atoms with van der Waals surface area (Å²) in [5.74, 6) is -0.489. The molecule has 0 fully saturated rings. The molecule has 0 spiro atoms. The Morgan fingerprint density at radius 2 is 1.85 bits per heavy atom. The molecule has 1 aromatic carbocycles. The van der Waals surface area contributed by atoms with E-state index in [0.717, 1.165) is 0 Å². The Hall–Kier alpha value is -1.99. The van der Waals surface area contributed by atoms with Gasteiger partial charge in [0.2, 0.25) is 0 Å². The Bertz CT molecular complexity index is 468. The van der Waals surface area contributed by atoms with Gasteiger partial charge in [0.05, 0.1) is 23.7 Å². The minimum Gasteiger partial charge on any atom is -0.394 e. The summed E-state index contributed by atoms with van der Waals surface area (Å²) >= 11 is 0. The minimum atomic E-state index is -1.08. The Morgan fingerprint density at radius 1 is 1.30 bits per heavy atom. The van der Waals surface area contributed by atoms with Crippen molar-refractivity contribution in [1.29, 1.82) is 0 Å². The van der Waals surface area contributed by atoms with Crippen molar-refractivity contribution in [3.8, 4) is 0 Å². The van der Waals surface area contributed by atoms with Crippen LogP contribution in [0.15, 0.2) is 24.3 Å². The lowest BCUT2D eigenvalue weighted by molar-refractivity contribution is -0.384. The molecule has 110 valence electrons. The van der Waals surface area contributed by atoms with E-state index in [4.69, 9.17) is 0 Å². The summed E-state index contributed by atoms with van der Waals surface area (Å²) in [5, 5.41) is 31.8. The lowest BCUT2D eigenvalue weighted by atomic mass is 9.95. The van der Waals surface area contributed by atoms with Crippen molar-refractivity contribution >= 4 is 11.6 Å². The largest absolute Gasteiger partial charge is 0.394 e. The molecule has 0 aromatic heterocycles. The van der Waals surface area contributed by atoms with Crippen molar-refractivity contribution in [2.45, 2.75) is 25.3 Å². The van der Waals surface area contributed by atoms with E-state index in [2.05, 4.69) is 5.32 Å². The molecule has 3 N–H and O–H groups in total. The fraction of sp³-hybridized carbons (Fsp3) is 0.462. The number of nitrogens with zero attached hydrogens (tertiary/aromatic N) is 1. The average Bonchev–Trinajstić information content (AvgIpc) is 2.46. The highest BCUT2D eigenvalue weighted by Gasteiger charge is 2.30. The molecule has 1 aromatic rings. The number of rotatable bonds is 7. The van der Waals surface area contributed by atoms with E-state index >= 15 is 0 Å². The molecule has 1 amide bonds. The van der Waals surface area contributed by atoms with Crippen LogP contribution in [0.5, 0.6) is 0 Å². The number of aliphatic hydroxyl groups excluding tert-OH is 2. The van der Waals surface area contributed by atoms with Crippen LogP contribution < -0.4 is 5.32 Å². The monoisotopic (exact) mass is 282 g/mol. The topological polar surface area (TPSA) is 113 Å². The SMILES string of the molecule is CCCC(CO)(CO)NC(=O)c1ccc([N+](=O)[O-])cc1. The summed E-state index contributed by atoms with van der Waals surface area (Å²) < 4.78 is 0. The van der Waals surface area contributed by atoms with Gasteiger partial charge in [-0.25, -0.2) is 0 Å². The lowest BCUT2D eigenvalue weighted by Crippen LogP contribution is -2.54. The standard InChI is InChI=1S/C13H18N2O5/c1-2-7-13(8-16,9-17)14-12(18)10-3-5-11(6-4-10)15(19)20/h3-6,16-17H,2,7-9H2,1H3,(H,14,18). The molecule has 0 bridgehead atoms. The van der Waals surface area contributed by atoms with E-state index in [9.17, 15) is 25.1 Å². The molecule has 0 unspecified atom stereocenters. The maximum absolute atomic E-state index is 12.0. The third-order valence-electron chi connectivity index (χ3n) is 3.05. The Balaban J connectivity index is 2.86. The summed E-state index contributed by atoms with van der Waals surface area (Å²) in [6.07, 6.45) is 1.11. The first-order valence-electron chi connectivity index (χ1n) is 6.26. The number of nitro benzene ring substituents is 1. The van der Waals surface area contributed by atoms with E-state index in [1.165, 1.54) is 24.3 Å². The number of nitro groups is 1. The quantitative estimate of drug-likeness (QED) is 0.507. The average molecular weight is 282 g/mol. The highest BCUT2D eigenvalue weighted by molar-refractivity contribution is 5.94. The van der Waals surface area contributed by atoms with Gasteiger partial charge < -0.3 is 15.5 Å². The maximum atomic E-state index is 12.0. The number of carbonyl (C=O) groups excluding carboxylic acids is 1. The fourth-order valence-electron chi connectivity index (χ4n) is 1.88. The van der Waals surface area contributed by atoms with Gasteiger partial charge in [-0.2, -0.15) is 0 Å². The zero-order valence-corrected chi connectivity index (χ0v) is 11.2. The normalized spacial score (nSPS) is 11.2. The van der Waals surface area contributed by atoms with Crippen molar-refractivity contribution in [3.05, 3.63) is 39.9 Å². The maximum Gasteiger partial charge on any atom is 0.269 e. The molecule has 0 aliphatic rings. The fourth-order valence-corrected chi connectivity index (χ4v) is 1.88. The predicted molar refractivity (Wildman–Crippen MR) is 72.4 cm³/mol. The number of benzene rings is 1. The zero-order valence-electron chi connectivity index (χ0n) is 11.2. The molecule has 0 saturated carbocycles. The van der Waals surface area contributed by atoms with Crippen LogP contribution in [0.2, 0.25) is 0 Å². The van der Waals surface area contributed by atoms with Gasteiger partial charge in [-0.15, -0.1) is 0 Å². The molecule has 0 heterocycles. The molecule has 0 aliphatic carbocycles. The van der Waals surface area contributed by atoms with Gasteiger partial charge in [-0.05, 0) is 18.6 Å². The highest BCUT2D eigenvalue weighted by Crippen LogP contribution is 2.15. The molecule has 0 radical (unpaired) electrons. The first-order chi connectivity index (χ1) is 9.48. The van der Waals surface area contributed by atoms with E-state index in [1.54, 1.807) is 0 Å². The first kappa shape index (κ1) is 16.1. The van der Waals surface area contributed by atoms with Crippen LogP contribution in [0.1, 0.15) is 30.1 Å². The smallest absolute Gasteiger partial charge is 0.269 e. The molecule has 0 atom stereocenters. The molecule has 7 nitrogen and oxygen atoms in total. The minimum absolute atomic E-state index is 0.106. The number of hydrogen-bond acceptors (Lipinski definition) is 5. The summed E-state index contributed by atoms with van der Waals surface area (Å²) in [6, 6.07) is 5.13. The van der Waals surface area contributed by atoms with E-state index in [-0.39, 0.29) is 24.5 Å². The van der Waals surface area contributed by atoms with E-state index in [1.807, 2.05) is 6.92 Å². The Labute approximate surface area is 116 Å². The van der Waals surface area contributed by atoms with Gasteiger partial charge in [0.1, 0.15) is 0 Å². The van der Waals surface area contributed by atoms with Crippen molar-refractivity contribution in [1.82, 2.24) is 5.32 Å².